The third-order valence-corrected chi connectivity index (χ3v) is 4.55. The smallest absolute Gasteiger partial charge is 0.0942 e. The molecule has 0 radical (unpaired) electrons. The molecule has 3 heteroatoms. The highest BCUT2D eigenvalue weighted by Crippen LogP contribution is 2.39. The molecular weight excluding hydrogens is 279 g/mol. The Morgan fingerprint density at radius 1 is 1.05 bits per heavy atom. The molecule has 1 atom stereocenters. The van der Waals surface area contributed by atoms with Crippen LogP contribution < -0.4 is 0 Å². The fraction of sp³-hybridized carbons (Fsp3) is 0.250. The van der Waals surface area contributed by atoms with Gasteiger partial charge in [-0.05, 0) is 41.7 Å². The second-order valence-electron chi connectivity index (χ2n) is 5.11. The standard InChI is InChI=1S/C16H14Cl2O/c17-14-6-5-11(9-15(14)18)10-16(19)8-7-12-3-1-2-4-13(12)16/h1-6,9,19H,7-8,10H2. The van der Waals surface area contributed by atoms with Crippen molar-refractivity contribution in [2.24, 2.45) is 0 Å². The molecule has 1 aliphatic carbocycles. The zero-order valence-electron chi connectivity index (χ0n) is 10.4. The first-order valence-electron chi connectivity index (χ1n) is 6.33. The molecule has 0 saturated carbocycles. The molecule has 1 unspecified atom stereocenters. The van der Waals surface area contributed by atoms with Gasteiger partial charge in [-0.2, -0.15) is 0 Å². The summed E-state index contributed by atoms with van der Waals surface area (Å²) in [5.41, 5.74) is 2.51. The Bertz CT molecular complexity index is 624. The number of hydrogen-bond acceptors (Lipinski definition) is 1. The highest BCUT2D eigenvalue weighted by Gasteiger charge is 2.36. The summed E-state index contributed by atoms with van der Waals surface area (Å²) < 4.78 is 0. The van der Waals surface area contributed by atoms with Gasteiger partial charge in [0.25, 0.3) is 0 Å². The number of rotatable bonds is 2. The second kappa shape index (κ2) is 4.82. The Kier molecular flexibility index (Phi) is 3.30. The van der Waals surface area contributed by atoms with E-state index in [1.807, 2.05) is 30.3 Å². The molecule has 0 aromatic heterocycles. The summed E-state index contributed by atoms with van der Waals surface area (Å²) in [7, 11) is 0. The molecule has 98 valence electrons. The molecular formula is C16H14Cl2O. The zero-order chi connectivity index (χ0) is 13.5. The van der Waals surface area contributed by atoms with Crippen molar-refractivity contribution in [3.05, 3.63) is 69.2 Å². The lowest BCUT2D eigenvalue weighted by Crippen LogP contribution is -2.25. The normalized spacial score (nSPS) is 21.4. The summed E-state index contributed by atoms with van der Waals surface area (Å²) in [5, 5.41) is 12.0. The van der Waals surface area contributed by atoms with E-state index < -0.39 is 5.60 Å². The molecule has 2 aromatic rings. The quantitative estimate of drug-likeness (QED) is 0.871. The molecule has 0 saturated heterocycles. The van der Waals surface area contributed by atoms with Crippen LogP contribution in [-0.4, -0.2) is 5.11 Å². The van der Waals surface area contributed by atoms with Gasteiger partial charge < -0.3 is 5.11 Å². The van der Waals surface area contributed by atoms with Crippen molar-refractivity contribution in [2.45, 2.75) is 24.9 Å². The fourth-order valence-electron chi connectivity index (χ4n) is 2.84. The van der Waals surface area contributed by atoms with E-state index >= 15 is 0 Å². The predicted octanol–water partition coefficient (Wildman–Crippen LogP) is 4.37. The molecule has 0 heterocycles. The topological polar surface area (TPSA) is 20.2 Å². The van der Waals surface area contributed by atoms with Crippen molar-refractivity contribution in [2.75, 3.05) is 0 Å². The van der Waals surface area contributed by atoms with E-state index in [0.29, 0.717) is 16.5 Å². The molecule has 19 heavy (non-hydrogen) atoms. The van der Waals surface area contributed by atoms with Gasteiger partial charge in [-0.1, -0.05) is 53.5 Å². The van der Waals surface area contributed by atoms with Gasteiger partial charge in [0.2, 0.25) is 0 Å². The van der Waals surface area contributed by atoms with Crippen LogP contribution in [0.5, 0.6) is 0 Å². The highest BCUT2D eigenvalue weighted by atomic mass is 35.5. The predicted molar refractivity (Wildman–Crippen MR) is 78.8 cm³/mol. The average molecular weight is 293 g/mol. The van der Waals surface area contributed by atoms with E-state index in [2.05, 4.69) is 6.07 Å². The number of hydrogen-bond donors (Lipinski definition) is 1. The summed E-state index contributed by atoms with van der Waals surface area (Å²) in [6.45, 7) is 0. The van der Waals surface area contributed by atoms with Crippen molar-refractivity contribution < 1.29 is 5.11 Å². The molecule has 1 nitrogen and oxygen atoms in total. The van der Waals surface area contributed by atoms with Gasteiger partial charge in [-0.25, -0.2) is 0 Å². The average Bonchev–Trinajstić information content (AvgIpc) is 2.73. The SMILES string of the molecule is OC1(Cc2ccc(Cl)c(Cl)c2)CCc2ccccc21. The Labute approximate surface area is 122 Å². The first kappa shape index (κ1) is 13.0. The Morgan fingerprint density at radius 2 is 1.84 bits per heavy atom. The molecule has 1 N–H and O–H groups in total. The van der Waals surface area contributed by atoms with Gasteiger partial charge in [-0.3, -0.25) is 0 Å². The van der Waals surface area contributed by atoms with E-state index in [1.54, 1.807) is 6.07 Å². The molecule has 1 aliphatic rings. The van der Waals surface area contributed by atoms with Crippen LogP contribution in [0.15, 0.2) is 42.5 Å². The van der Waals surface area contributed by atoms with Crippen LogP contribution in [0.4, 0.5) is 0 Å². The fourth-order valence-corrected chi connectivity index (χ4v) is 3.16. The molecule has 0 aliphatic heterocycles. The van der Waals surface area contributed by atoms with Gasteiger partial charge >= 0.3 is 0 Å². The molecule has 0 fully saturated rings. The van der Waals surface area contributed by atoms with Crippen LogP contribution in [-0.2, 0) is 18.4 Å². The highest BCUT2D eigenvalue weighted by molar-refractivity contribution is 6.42. The third-order valence-electron chi connectivity index (χ3n) is 3.81. The van der Waals surface area contributed by atoms with Crippen LogP contribution in [0.2, 0.25) is 10.0 Å². The molecule has 0 bridgehead atoms. The summed E-state index contributed by atoms with van der Waals surface area (Å²) in [5.74, 6) is 0. The van der Waals surface area contributed by atoms with Gasteiger partial charge in [0.15, 0.2) is 0 Å². The Morgan fingerprint density at radius 3 is 2.63 bits per heavy atom. The van der Waals surface area contributed by atoms with E-state index in [4.69, 9.17) is 23.2 Å². The second-order valence-corrected chi connectivity index (χ2v) is 5.93. The summed E-state index contributed by atoms with van der Waals surface area (Å²) >= 11 is 11.9. The van der Waals surface area contributed by atoms with Crippen molar-refractivity contribution >= 4 is 23.2 Å². The number of fused-ring (bicyclic) bond motifs is 1. The Hall–Kier alpha value is -1.02. The number of aliphatic hydroxyl groups is 1. The maximum absolute atomic E-state index is 10.9. The summed E-state index contributed by atoms with van der Waals surface area (Å²) in [6.07, 6.45) is 2.25. The van der Waals surface area contributed by atoms with Crippen LogP contribution in [0.1, 0.15) is 23.1 Å². The van der Waals surface area contributed by atoms with Gasteiger partial charge in [-0.15, -0.1) is 0 Å². The first-order valence-corrected chi connectivity index (χ1v) is 7.09. The van der Waals surface area contributed by atoms with Crippen LogP contribution in [0.25, 0.3) is 0 Å². The van der Waals surface area contributed by atoms with Gasteiger partial charge in [0.1, 0.15) is 0 Å². The Balaban J connectivity index is 1.93. The van der Waals surface area contributed by atoms with E-state index in [0.717, 1.165) is 24.0 Å². The van der Waals surface area contributed by atoms with E-state index in [9.17, 15) is 5.11 Å². The van der Waals surface area contributed by atoms with Crippen molar-refractivity contribution in [3.63, 3.8) is 0 Å². The van der Waals surface area contributed by atoms with Gasteiger partial charge in [0, 0.05) is 6.42 Å². The maximum Gasteiger partial charge on any atom is 0.0942 e. The molecule has 0 amide bonds. The largest absolute Gasteiger partial charge is 0.385 e. The number of halogens is 2. The van der Waals surface area contributed by atoms with Crippen LogP contribution in [0.3, 0.4) is 0 Å². The van der Waals surface area contributed by atoms with Crippen LogP contribution in [0, 0.1) is 0 Å². The minimum absolute atomic E-state index is 0.536. The maximum atomic E-state index is 10.9. The lowest BCUT2D eigenvalue weighted by atomic mass is 9.89. The van der Waals surface area contributed by atoms with Crippen molar-refractivity contribution in [1.29, 1.82) is 0 Å². The molecule has 0 spiro atoms. The minimum atomic E-state index is -0.784. The number of aryl methyl sites for hydroxylation is 1. The van der Waals surface area contributed by atoms with E-state index in [-0.39, 0.29) is 0 Å². The lowest BCUT2D eigenvalue weighted by Gasteiger charge is -2.24. The van der Waals surface area contributed by atoms with Crippen LogP contribution >= 0.6 is 23.2 Å². The third kappa shape index (κ3) is 2.38. The first-order chi connectivity index (χ1) is 9.08. The minimum Gasteiger partial charge on any atom is -0.385 e. The lowest BCUT2D eigenvalue weighted by molar-refractivity contribution is 0.0390. The summed E-state index contributed by atoms with van der Waals surface area (Å²) in [4.78, 5) is 0. The molecule has 2 aromatic carbocycles. The molecule has 3 rings (SSSR count). The summed E-state index contributed by atoms with van der Waals surface area (Å²) in [6, 6.07) is 13.6. The zero-order valence-corrected chi connectivity index (χ0v) is 11.9. The monoisotopic (exact) mass is 292 g/mol. The van der Waals surface area contributed by atoms with Gasteiger partial charge in [0.05, 0.1) is 15.6 Å². The number of benzene rings is 2. The van der Waals surface area contributed by atoms with E-state index in [1.165, 1.54) is 5.56 Å². The van der Waals surface area contributed by atoms with Crippen molar-refractivity contribution in [3.8, 4) is 0 Å². The van der Waals surface area contributed by atoms with Crippen molar-refractivity contribution in [1.82, 2.24) is 0 Å².